The van der Waals surface area contributed by atoms with Gasteiger partial charge >= 0.3 is 12.2 Å². The molecular weight excluding hydrogens is 858 g/mol. The van der Waals surface area contributed by atoms with Gasteiger partial charge in [-0.15, -0.1) is 0 Å². The second-order valence-corrected chi connectivity index (χ2v) is 17.6. The Morgan fingerprint density at radius 3 is 2.12 bits per heavy atom. The number of aromatic nitrogens is 5. The summed E-state index contributed by atoms with van der Waals surface area (Å²) >= 11 is 0. The van der Waals surface area contributed by atoms with E-state index < -0.39 is 30.1 Å². The molecule has 3 aromatic carbocycles. The van der Waals surface area contributed by atoms with Gasteiger partial charge in [0, 0.05) is 48.0 Å². The number of H-pyrrole nitrogens is 2. The lowest BCUT2D eigenvalue weighted by Gasteiger charge is -2.30. The lowest BCUT2D eigenvalue weighted by Crippen LogP contribution is -2.51. The summed E-state index contributed by atoms with van der Waals surface area (Å²) < 4.78 is 31.7. The highest BCUT2D eigenvalue weighted by molar-refractivity contribution is 5.89. The molecule has 0 aliphatic carbocycles. The van der Waals surface area contributed by atoms with E-state index in [1.807, 2.05) is 80.6 Å². The number of carbonyl (C=O) groups is 4. The van der Waals surface area contributed by atoms with E-state index in [1.165, 1.54) is 13.2 Å². The Balaban J connectivity index is 0.874. The van der Waals surface area contributed by atoms with Crippen LogP contribution in [0.15, 0.2) is 91.3 Å². The molecule has 3 aliphatic heterocycles. The second-order valence-electron chi connectivity index (χ2n) is 17.6. The summed E-state index contributed by atoms with van der Waals surface area (Å²) in [6.45, 7) is 5.80. The first-order valence-electron chi connectivity index (χ1n) is 22.9. The van der Waals surface area contributed by atoms with Gasteiger partial charge in [0.2, 0.25) is 5.91 Å². The van der Waals surface area contributed by atoms with Gasteiger partial charge in [-0.2, -0.15) is 0 Å². The molecule has 3 saturated heterocycles. The number of pyridine rings is 1. The third-order valence-electron chi connectivity index (χ3n) is 12.9. The van der Waals surface area contributed by atoms with Gasteiger partial charge in [0.15, 0.2) is 0 Å². The molecule has 0 spiro atoms. The predicted molar refractivity (Wildman–Crippen MR) is 246 cm³/mol. The minimum atomic E-state index is -0.933. The number of alkyl carbamates (subject to hydrolysis) is 2. The van der Waals surface area contributed by atoms with Crippen molar-refractivity contribution >= 4 is 34.9 Å². The number of aromatic amines is 2. The largest absolute Gasteiger partial charge is 0.453 e. The van der Waals surface area contributed by atoms with Crippen LogP contribution < -0.4 is 10.6 Å². The minimum Gasteiger partial charge on any atom is -0.453 e. The molecule has 6 aromatic rings. The molecule has 67 heavy (non-hydrogen) atoms. The van der Waals surface area contributed by atoms with E-state index in [1.54, 1.807) is 28.3 Å². The third-order valence-corrected chi connectivity index (χ3v) is 12.9. The lowest BCUT2D eigenvalue weighted by molar-refractivity contribution is -0.136. The van der Waals surface area contributed by atoms with Crippen LogP contribution in [0.5, 0.6) is 0 Å². The van der Waals surface area contributed by atoms with Crippen molar-refractivity contribution in [2.24, 2.45) is 5.92 Å². The first-order valence-corrected chi connectivity index (χ1v) is 22.9. The highest BCUT2D eigenvalue weighted by Gasteiger charge is 2.39. The quantitative estimate of drug-likeness (QED) is 0.0930. The molecule has 3 aromatic heterocycles. The number of rotatable bonds is 12. The van der Waals surface area contributed by atoms with Crippen molar-refractivity contribution in [3.8, 4) is 33.8 Å². The number of nitrogens with one attached hydrogen (secondary N) is 4. The van der Waals surface area contributed by atoms with E-state index in [9.17, 15) is 19.2 Å². The molecule has 4 N–H and O–H groups in total. The van der Waals surface area contributed by atoms with E-state index in [-0.39, 0.29) is 35.9 Å². The van der Waals surface area contributed by atoms with E-state index in [0.29, 0.717) is 91.7 Å². The molecule has 3 aliphatic rings. The fraction of sp³-hybridized carbons (Fsp3) is 0.380. The molecule has 4 atom stereocenters. The van der Waals surface area contributed by atoms with E-state index in [4.69, 9.17) is 24.2 Å². The summed E-state index contributed by atoms with van der Waals surface area (Å²) in [7, 11) is 1.26. The molecule has 0 bridgehead atoms. The van der Waals surface area contributed by atoms with E-state index in [0.717, 1.165) is 35.0 Å². The van der Waals surface area contributed by atoms with Crippen LogP contribution in [0.1, 0.15) is 87.7 Å². The Morgan fingerprint density at radius 1 is 0.761 bits per heavy atom. The van der Waals surface area contributed by atoms with Crippen molar-refractivity contribution in [3.63, 3.8) is 0 Å². The van der Waals surface area contributed by atoms with Crippen molar-refractivity contribution < 1.29 is 37.8 Å². The molecule has 6 heterocycles. The van der Waals surface area contributed by atoms with Crippen LogP contribution in [0.25, 0.3) is 44.7 Å². The second kappa shape index (κ2) is 19.8. The van der Waals surface area contributed by atoms with E-state index >= 15 is 4.39 Å². The number of hydrogen-bond donors (Lipinski definition) is 4. The number of halogens is 1. The van der Waals surface area contributed by atoms with Gasteiger partial charge < -0.3 is 44.6 Å². The zero-order valence-corrected chi connectivity index (χ0v) is 37.7. The van der Waals surface area contributed by atoms with Gasteiger partial charge in [0.1, 0.15) is 35.7 Å². The van der Waals surface area contributed by atoms with E-state index in [2.05, 4.69) is 25.6 Å². The number of hydrogen-bond acceptors (Lipinski definition) is 10. The lowest BCUT2D eigenvalue weighted by atomic mass is 10.0. The Labute approximate surface area is 387 Å². The maximum Gasteiger partial charge on any atom is 0.408 e. The zero-order valence-electron chi connectivity index (χ0n) is 37.7. The summed E-state index contributed by atoms with van der Waals surface area (Å²) in [5.41, 5.74) is 5.07. The number of nitrogens with zero attached hydrogens (tertiary/aromatic N) is 5. The Hall–Kier alpha value is -7.14. The first kappa shape index (κ1) is 45.0. The van der Waals surface area contributed by atoms with Gasteiger partial charge in [-0.3, -0.25) is 9.59 Å². The number of methoxy groups -OCH3 is 1. The van der Waals surface area contributed by atoms with Crippen molar-refractivity contribution in [1.29, 1.82) is 0 Å². The highest BCUT2D eigenvalue weighted by Crippen LogP contribution is 2.36. The van der Waals surface area contributed by atoms with Gasteiger partial charge in [0.05, 0.1) is 67.4 Å². The number of fused-ring (bicyclic) bond motifs is 1. The molecule has 9 rings (SSSR count). The predicted octanol–water partition coefficient (Wildman–Crippen LogP) is 8.18. The molecule has 4 unspecified atom stereocenters. The number of benzene rings is 3. The van der Waals surface area contributed by atoms with Gasteiger partial charge in [-0.05, 0) is 67.5 Å². The summed E-state index contributed by atoms with van der Waals surface area (Å²) in [6.07, 6.45) is 5.93. The molecule has 3 fully saturated rings. The number of amides is 4. The molecule has 4 amide bonds. The molecule has 0 radical (unpaired) electrons. The van der Waals surface area contributed by atoms with Crippen LogP contribution in [0.3, 0.4) is 0 Å². The topological polar surface area (TPSA) is 197 Å². The van der Waals surface area contributed by atoms with Crippen LogP contribution in [-0.2, 0) is 23.8 Å². The fourth-order valence-electron chi connectivity index (χ4n) is 9.35. The number of imidazole rings is 2. The SMILES string of the molecule is COC(=O)NC(C(=O)N1CCCC1c1ncc(-c2ccc(-c3ccc4cc(-c5cnc(C6CCCN6C(=O)C(NC(=O)OC6CCOCC6)c6ccccc6)[nH]5)ccc4n3)cc2F)[nH]1)C(C)C. The zero-order chi connectivity index (χ0) is 46.6. The normalized spacial score (nSPS) is 18.5. The average molecular weight is 912 g/mol. The summed E-state index contributed by atoms with van der Waals surface area (Å²) in [6, 6.07) is 21.5. The third kappa shape index (κ3) is 9.73. The average Bonchev–Trinajstić information content (AvgIpc) is 4.20. The summed E-state index contributed by atoms with van der Waals surface area (Å²) in [4.78, 5) is 77.4. The molecular formula is C50H54FN9O7. The smallest absolute Gasteiger partial charge is 0.408 e. The van der Waals surface area contributed by atoms with Gasteiger partial charge in [-0.1, -0.05) is 62.4 Å². The Bertz CT molecular complexity index is 2750. The van der Waals surface area contributed by atoms with Crippen molar-refractivity contribution in [1.82, 2.24) is 45.4 Å². The maximum atomic E-state index is 15.9. The van der Waals surface area contributed by atoms with Crippen LogP contribution in [0, 0.1) is 11.7 Å². The molecule has 17 heteroatoms. The number of ether oxygens (including phenoxy) is 3. The first-order chi connectivity index (χ1) is 32.5. The highest BCUT2D eigenvalue weighted by atomic mass is 19.1. The Kier molecular flexibility index (Phi) is 13.3. The fourth-order valence-corrected chi connectivity index (χ4v) is 9.35. The van der Waals surface area contributed by atoms with Crippen molar-refractivity contribution in [2.45, 2.75) is 82.6 Å². The van der Waals surface area contributed by atoms with Crippen LogP contribution in [-0.4, -0.2) is 104 Å². The summed E-state index contributed by atoms with van der Waals surface area (Å²) in [5.74, 6) is 0.131. The van der Waals surface area contributed by atoms with Crippen molar-refractivity contribution in [2.75, 3.05) is 33.4 Å². The number of likely N-dealkylation sites (tertiary alicyclic amines) is 2. The maximum absolute atomic E-state index is 15.9. The van der Waals surface area contributed by atoms with Crippen molar-refractivity contribution in [3.05, 3.63) is 114 Å². The molecule has 0 saturated carbocycles. The molecule has 348 valence electrons. The Morgan fingerprint density at radius 2 is 1.43 bits per heavy atom. The summed E-state index contributed by atoms with van der Waals surface area (Å²) in [5, 5.41) is 6.39. The van der Waals surface area contributed by atoms with Gasteiger partial charge in [0.25, 0.3) is 5.91 Å². The minimum absolute atomic E-state index is 0.166. The molecule has 16 nitrogen and oxygen atoms in total. The monoisotopic (exact) mass is 911 g/mol. The van der Waals surface area contributed by atoms with Crippen LogP contribution in [0.2, 0.25) is 0 Å². The van der Waals surface area contributed by atoms with Crippen LogP contribution in [0.4, 0.5) is 14.0 Å². The standard InChI is InChI=1S/C50H54FN9O7/c1-29(2)43(57-49(63)65-3)47(61)59-21-7-12-42(59)46-53-28-40(56-46)35-16-13-33(26-36(35)51)38-17-14-31-25-32(15-18-37(31)54-38)39-27-52-45(55-39)41-11-8-22-60(41)48(62)44(30-9-5-4-6-10-30)58-50(64)67-34-19-23-66-24-20-34/h4-6,9-10,13-18,25-29,34,41-44H,7-8,11-12,19-24H2,1-3H3,(H,52,55)(H,53,56)(H,57,63)(H,58,64). The van der Waals surface area contributed by atoms with Crippen LogP contribution >= 0.6 is 0 Å². The van der Waals surface area contributed by atoms with Gasteiger partial charge in [-0.25, -0.2) is 28.9 Å². The number of carbonyl (C=O) groups excluding carboxylic acids is 4.